The predicted octanol–water partition coefficient (Wildman–Crippen LogP) is 5.86. The van der Waals surface area contributed by atoms with Crippen LogP contribution in [0.4, 0.5) is 13.2 Å². The molecule has 40 heavy (non-hydrogen) atoms. The van der Waals surface area contributed by atoms with Gasteiger partial charge in [0.05, 0.1) is 28.8 Å². The Morgan fingerprint density at radius 1 is 1.23 bits per heavy atom. The fourth-order valence-corrected chi connectivity index (χ4v) is 6.37. The maximum Gasteiger partial charge on any atom is 0.416 e. The number of carbonyl (C=O) groups excluding carboxylic acids is 1. The van der Waals surface area contributed by atoms with E-state index in [1.165, 1.54) is 23.9 Å². The highest BCUT2D eigenvalue weighted by atomic mass is 35.5. The second-order valence-corrected chi connectivity index (χ2v) is 11.3. The fourth-order valence-electron chi connectivity index (χ4n) is 5.14. The van der Waals surface area contributed by atoms with Gasteiger partial charge in [-0.1, -0.05) is 23.7 Å². The third-order valence-electron chi connectivity index (χ3n) is 7.41. The molecule has 2 aliphatic heterocycles. The van der Waals surface area contributed by atoms with E-state index < -0.39 is 17.6 Å². The van der Waals surface area contributed by atoms with Gasteiger partial charge >= 0.3 is 6.18 Å². The number of aromatic amines is 1. The number of hydrogen-bond acceptors (Lipinski definition) is 6. The van der Waals surface area contributed by atoms with Gasteiger partial charge in [-0.25, -0.2) is 0 Å². The first-order valence-electron chi connectivity index (χ1n) is 12.9. The molecule has 5 rings (SSSR count). The maximum absolute atomic E-state index is 14.0. The van der Waals surface area contributed by atoms with E-state index in [1.54, 1.807) is 25.4 Å². The van der Waals surface area contributed by atoms with E-state index >= 15 is 0 Å². The molecule has 2 aliphatic rings. The van der Waals surface area contributed by atoms with Crippen molar-refractivity contribution in [3.63, 3.8) is 0 Å². The number of hydrogen-bond donors (Lipinski definition) is 1. The Balaban J connectivity index is 1.46. The van der Waals surface area contributed by atoms with Gasteiger partial charge in [0.1, 0.15) is 0 Å². The van der Waals surface area contributed by atoms with Crippen LogP contribution in [-0.4, -0.2) is 77.5 Å². The molecular formula is C28H29ClF3N5O2S. The Labute approximate surface area is 239 Å². The van der Waals surface area contributed by atoms with Crippen LogP contribution < -0.4 is 0 Å². The summed E-state index contributed by atoms with van der Waals surface area (Å²) in [5.74, 6) is -0.450. The van der Waals surface area contributed by atoms with Crippen LogP contribution in [0.5, 0.6) is 0 Å². The molecule has 1 fully saturated rings. The molecule has 1 N–H and O–H groups in total. The average Bonchev–Trinajstić information content (AvgIpc) is 3.56. The summed E-state index contributed by atoms with van der Waals surface area (Å²) < 4.78 is 47.1. The number of ether oxygens (including phenoxy) is 1. The molecule has 1 aromatic heterocycles. The average molecular weight is 592 g/mol. The Kier molecular flexibility index (Phi) is 8.55. The number of carbonyl (C=O) groups is 1. The molecule has 1 saturated heterocycles. The van der Waals surface area contributed by atoms with Crippen LogP contribution in [0.3, 0.4) is 0 Å². The second kappa shape index (κ2) is 11.9. The standard InChI is InChI=1S/C28H29ClF3N5O2S/c1-36(21-7-9-37(10-8-21)11-12-39-2)27-34-26(38)25(40-27)22(17-4-6-24-19(13-17)16-33-35-24)14-18-3-5-20(29)15-23(18)28(30,31)32/h3-6,13,15-16,21H,7-12,14H2,1-2H3,(H,33,35). The molecule has 0 saturated carbocycles. The maximum atomic E-state index is 14.0. The number of thioether (sulfide) groups is 1. The van der Waals surface area contributed by atoms with Gasteiger partial charge in [-0.15, -0.1) is 0 Å². The van der Waals surface area contributed by atoms with E-state index in [9.17, 15) is 18.0 Å². The summed E-state index contributed by atoms with van der Waals surface area (Å²) in [5, 5.41) is 8.27. The van der Waals surface area contributed by atoms with Crippen LogP contribution in [0.25, 0.3) is 16.5 Å². The predicted molar refractivity (Wildman–Crippen MR) is 152 cm³/mol. The minimum Gasteiger partial charge on any atom is -0.383 e. The van der Waals surface area contributed by atoms with Crippen molar-refractivity contribution in [2.24, 2.45) is 4.99 Å². The Morgan fingerprint density at radius 3 is 2.73 bits per heavy atom. The Morgan fingerprint density at radius 2 is 2.00 bits per heavy atom. The smallest absolute Gasteiger partial charge is 0.383 e. The minimum atomic E-state index is -4.60. The van der Waals surface area contributed by atoms with E-state index in [1.807, 2.05) is 18.0 Å². The lowest BCUT2D eigenvalue weighted by atomic mass is 9.93. The molecule has 0 radical (unpaired) electrons. The van der Waals surface area contributed by atoms with Crippen molar-refractivity contribution in [3.8, 4) is 0 Å². The van der Waals surface area contributed by atoms with Crippen LogP contribution in [0.2, 0.25) is 5.02 Å². The molecule has 3 heterocycles. The third kappa shape index (κ3) is 6.22. The van der Waals surface area contributed by atoms with Crippen molar-refractivity contribution in [1.29, 1.82) is 0 Å². The fraction of sp³-hybridized carbons (Fsp3) is 0.393. The molecule has 0 unspecified atom stereocenters. The summed E-state index contributed by atoms with van der Waals surface area (Å²) in [6.45, 7) is 3.39. The lowest BCUT2D eigenvalue weighted by Gasteiger charge is -2.37. The summed E-state index contributed by atoms with van der Waals surface area (Å²) in [4.78, 5) is 22.4. The highest BCUT2D eigenvalue weighted by molar-refractivity contribution is 8.18. The number of piperidine rings is 1. The third-order valence-corrected chi connectivity index (χ3v) is 8.83. The minimum absolute atomic E-state index is 0.00285. The van der Waals surface area contributed by atoms with Crippen LogP contribution >= 0.6 is 23.4 Å². The van der Waals surface area contributed by atoms with Crippen LogP contribution in [0.1, 0.15) is 29.5 Å². The molecule has 212 valence electrons. The number of likely N-dealkylation sites (tertiary alicyclic amines) is 1. The van der Waals surface area contributed by atoms with Crippen molar-refractivity contribution in [2.75, 3.05) is 40.4 Å². The van der Waals surface area contributed by atoms with E-state index in [0.717, 1.165) is 49.4 Å². The first kappa shape index (κ1) is 28.7. The van der Waals surface area contributed by atoms with E-state index in [4.69, 9.17) is 16.3 Å². The number of halogens is 4. The number of amides is 1. The first-order chi connectivity index (χ1) is 19.1. The van der Waals surface area contributed by atoms with Crippen molar-refractivity contribution >= 4 is 50.9 Å². The molecule has 7 nitrogen and oxygen atoms in total. The van der Waals surface area contributed by atoms with Gasteiger partial charge in [0.15, 0.2) is 5.17 Å². The van der Waals surface area contributed by atoms with E-state index in [2.05, 4.69) is 20.1 Å². The Bertz CT molecular complexity index is 1460. The Hall–Kier alpha value is -2.86. The topological polar surface area (TPSA) is 73.8 Å². The number of aromatic nitrogens is 2. The number of nitrogens with one attached hydrogen (secondary N) is 1. The van der Waals surface area contributed by atoms with Crippen LogP contribution in [0, 0.1) is 0 Å². The SMILES string of the molecule is COCCN1CCC(N(C)C2=NC(=O)C(=C(Cc3ccc(Cl)cc3C(F)(F)F)c3ccc4[nH]ncc4c3)S2)CC1. The highest BCUT2D eigenvalue weighted by Gasteiger charge is 2.36. The molecule has 2 aromatic carbocycles. The number of amidine groups is 1. The molecule has 0 aliphatic carbocycles. The molecule has 3 aromatic rings. The van der Waals surface area contributed by atoms with Gasteiger partial charge in [0.25, 0.3) is 5.91 Å². The summed E-state index contributed by atoms with van der Waals surface area (Å²) in [6, 6.07) is 9.36. The number of allylic oxidation sites excluding steroid dienone is 1. The van der Waals surface area contributed by atoms with Crippen molar-refractivity contribution in [1.82, 2.24) is 20.0 Å². The molecular weight excluding hydrogens is 563 g/mol. The number of fused-ring (bicyclic) bond motifs is 1. The zero-order valence-corrected chi connectivity index (χ0v) is 23.7. The monoisotopic (exact) mass is 591 g/mol. The van der Waals surface area contributed by atoms with Gasteiger partial charge in [-0.3, -0.25) is 9.89 Å². The zero-order chi connectivity index (χ0) is 28.4. The quantitative estimate of drug-likeness (QED) is 0.347. The van der Waals surface area contributed by atoms with Crippen LogP contribution in [0.15, 0.2) is 52.5 Å². The van der Waals surface area contributed by atoms with Crippen molar-refractivity contribution in [3.05, 3.63) is 69.2 Å². The first-order valence-corrected chi connectivity index (χ1v) is 14.1. The van der Waals surface area contributed by atoms with Crippen molar-refractivity contribution in [2.45, 2.75) is 31.5 Å². The van der Waals surface area contributed by atoms with Gasteiger partial charge in [0, 0.05) is 50.2 Å². The van der Waals surface area contributed by atoms with E-state index in [-0.39, 0.29) is 23.0 Å². The number of rotatable bonds is 7. The number of methoxy groups -OCH3 is 1. The molecule has 0 atom stereocenters. The normalized spacial score (nSPS) is 18.4. The summed E-state index contributed by atoms with van der Waals surface area (Å²) in [6.07, 6.45) is -1.25. The lowest BCUT2D eigenvalue weighted by Crippen LogP contribution is -2.45. The van der Waals surface area contributed by atoms with Crippen LogP contribution in [-0.2, 0) is 22.1 Å². The van der Waals surface area contributed by atoms with Gasteiger partial charge in [-0.2, -0.15) is 23.3 Å². The number of H-pyrrole nitrogens is 1. The molecule has 0 spiro atoms. The van der Waals surface area contributed by atoms with Gasteiger partial charge in [0.2, 0.25) is 0 Å². The summed E-state index contributed by atoms with van der Waals surface area (Å²) >= 11 is 7.15. The number of aliphatic imine (C=N–C) groups is 1. The molecule has 12 heteroatoms. The van der Waals surface area contributed by atoms with Crippen molar-refractivity contribution < 1.29 is 22.7 Å². The van der Waals surface area contributed by atoms with Gasteiger partial charge < -0.3 is 14.5 Å². The number of nitrogens with zero attached hydrogens (tertiary/aromatic N) is 4. The number of benzene rings is 2. The zero-order valence-electron chi connectivity index (χ0n) is 22.1. The lowest BCUT2D eigenvalue weighted by molar-refractivity contribution is -0.138. The highest BCUT2D eigenvalue weighted by Crippen LogP contribution is 2.41. The van der Waals surface area contributed by atoms with E-state index in [0.29, 0.717) is 27.8 Å². The summed E-state index contributed by atoms with van der Waals surface area (Å²) in [5.41, 5.74) is 1.11. The van der Waals surface area contributed by atoms with Gasteiger partial charge in [-0.05, 0) is 72.0 Å². The second-order valence-electron chi connectivity index (χ2n) is 9.93. The molecule has 0 bridgehead atoms. The number of alkyl halides is 3. The molecule has 1 amide bonds. The summed E-state index contributed by atoms with van der Waals surface area (Å²) in [7, 11) is 3.62. The largest absolute Gasteiger partial charge is 0.416 e.